The summed E-state index contributed by atoms with van der Waals surface area (Å²) < 4.78 is 9.92. The molecule has 8 nitrogen and oxygen atoms in total. The van der Waals surface area contributed by atoms with Gasteiger partial charge in [-0.2, -0.15) is 0 Å². The molecule has 0 spiro atoms. The molecule has 0 amide bonds. The zero-order valence-electron chi connectivity index (χ0n) is 12.8. The SMILES string of the molecule is CC1(C)C(C=C(Cl)Cl)C1C(=O)O[C@@H]1O[C@H](C(=O)O)[C@@H](O)[C@H](O)[C@H]1O. The second kappa shape index (κ2) is 6.78. The van der Waals surface area contributed by atoms with Crippen LogP contribution in [0.1, 0.15) is 13.8 Å². The van der Waals surface area contributed by atoms with Gasteiger partial charge in [0.1, 0.15) is 22.8 Å². The molecular weight excluding hydrogens is 367 g/mol. The molecule has 2 rings (SSSR count). The minimum Gasteiger partial charge on any atom is -0.479 e. The molecule has 0 radical (unpaired) electrons. The smallest absolute Gasteiger partial charge is 0.335 e. The van der Waals surface area contributed by atoms with E-state index in [-0.39, 0.29) is 10.4 Å². The molecule has 7 atom stereocenters. The number of carboxylic acids is 1. The Morgan fingerprint density at radius 2 is 1.71 bits per heavy atom. The van der Waals surface area contributed by atoms with Crippen LogP contribution in [0.25, 0.3) is 0 Å². The molecule has 1 saturated heterocycles. The maximum absolute atomic E-state index is 12.3. The van der Waals surface area contributed by atoms with Gasteiger partial charge in [-0.25, -0.2) is 4.79 Å². The summed E-state index contributed by atoms with van der Waals surface area (Å²) >= 11 is 11.2. The van der Waals surface area contributed by atoms with Crippen LogP contribution in [0.15, 0.2) is 10.6 Å². The van der Waals surface area contributed by atoms with Crippen LogP contribution in [-0.4, -0.2) is 63.1 Å². The normalized spacial score (nSPS) is 40.5. The second-order valence-electron chi connectivity index (χ2n) is 6.45. The predicted octanol–water partition coefficient (Wildman–Crippen LogP) is 0.0130. The lowest BCUT2D eigenvalue weighted by Crippen LogP contribution is -2.60. The molecule has 0 aromatic carbocycles. The van der Waals surface area contributed by atoms with Crippen molar-refractivity contribution in [1.29, 1.82) is 0 Å². The molecule has 1 aliphatic heterocycles. The van der Waals surface area contributed by atoms with Crippen molar-refractivity contribution in [2.24, 2.45) is 17.3 Å². The van der Waals surface area contributed by atoms with Crippen LogP contribution in [0, 0.1) is 17.3 Å². The number of hydrogen-bond donors (Lipinski definition) is 4. The van der Waals surface area contributed by atoms with E-state index in [9.17, 15) is 24.9 Å². The van der Waals surface area contributed by atoms with E-state index in [2.05, 4.69) is 0 Å². The van der Waals surface area contributed by atoms with Crippen molar-refractivity contribution >= 4 is 35.1 Å². The summed E-state index contributed by atoms with van der Waals surface area (Å²) in [6, 6.07) is 0. The molecule has 0 aromatic heterocycles. The average molecular weight is 385 g/mol. The summed E-state index contributed by atoms with van der Waals surface area (Å²) in [5.41, 5.74) is -0.490. The molecule has 2 aliphatic rings. The number of carbonyl (C=O) groups excluding carboxylic acids is 1. The Kier molecular flexibility index (Phi) is 5.49. The van der Waals surface area contributed by atoms with Gasteiger partial charge in [0, 0.05) is 0 Å². The fourth-order valence-corrected chi connectivity index (χ4v) is 3.18. The van der Waals surface area contributed by atoms with Gasteiger partial charge in [0.15, 0.2) is 6.10 Å². The van der Waals surface area contributed by atoms with Crippen molar-refractivity contribution in [1.82, 2.24) is 0 Å². The third kappa shape index (κ3) is 3.54. The molecule has 0 aromatic rings. The first-order chi connectivity index (χ1) is 11.0. The Balaban J connectivity index is 2.08. The minimum atomic E-state index is -1.85. The highest BCUT2D eigenvalue weighted by Gasteiger charge is 2.62. The Bertz CT molecular complexity index is 559. The molecule has 2 fully saturated rings. The van der Waals surface area contributed by atoms with Crippen molar-refractivity contribution in [3.63, 3.8) is 0 Å². The fourth-order valence-electron chi connectivity index (χ4n) is 2.91. The van der Waals surface area contributed by atoms with Crippen LogP contribution < -0.4 is 0 Å². The largest absolute Gasteiger partial charge is 0.479 e. The highest BCUT2D eigenvalue weighted by molar-refractivity contribution is 6.55. The van der Waals surface area contributed by atoms with Crippen LogP contribution in [-0.2, 0) is 19.1 Å². The summed E-state index contributed by atoms with van der Waals surface area (Å²) in [4.78, 5) is 23.3. The number of aliphatic hydroxyl groups is 3. The van der Waals surface area contributed by atoms with Crippen LogP contribution in [0.4, 0.5) is 0 Å². The van der Waals surface area contributed by atoms with E-state index >= 15 is 0 Å². The summed E-state index contributed by atoms with van der Waals surface area (Å²) in [5, 5.41) is 38.1. The summed E-state index contributed by atoms with van der Waals surface area (Å²) in [6.07, 6.45) is -7.53. The van der Waals surface area contributed by atoms with Gasteiger partial charge in [-0.1, -0.05) is 37.0 Å². The number of aliphatic hydroxyl groups excluding tert-OH is 3. The third-order valence-corrected chi connectivity index (χ3v) is 4.77. The van der Waals surface area contributed by atoms with E-state index in [1.165, 1.54) is 6.08 Å². The van der Waals surface area contributed by atoms with Crippen molar-refractivity contribution in [2.75, 3.05) is 0 Å². The van der Waals surface area contributed by atoms with Crippen LogP contribution in [0.5, 0.6) is 0 Å². The lowest BCUT2D eigenvalue weighted by Gasteiger charge is -2.38. The third-order valence-electron chi connectivity index (χ3n) is 4.52. The molecule has 10 heteroatoms. The van der Waals surface area contributed by atoms with E-state index in [1.54, 1.807) is 13.8 Å². The molecule has 0 bridgehead atoms. The monoisotopic (exact) mass is 384 g/mol. The van der Waals surface area contributed by atoms with Crippen molar-refractivity contribution < 1.29 is 39.5 Å². The minimum absolute atomic E-state index is 0.00168. The van der Waals surface area contributed by atoms with Crippen molar-refractivity contribution in [3.05, 3.63) is 10.6 Å². The second-order valence-corrected chi connectivity index (χ2v) is 7.46. The molecular formula is C14H18Cl2O8. The van der Waals surface area contributed by atoms with Gasteiger partial charge in [-0.15, -0.1) is 0 Å². The number of hydrogen-bond acceptors (Lipinski definition) is 7. The lowest BCUT2D eigenvalue weighted by atomic mass is 9.99. The Hall–Kier alpha value is -0.900. The number of halogens is 2. The van der Waals surface area contributed by atoms with Gasteiger partial charge in [0.25, 0.3) is 0 Å². The van der Waals surface area contributed by atoms with Gasteiger partial charge < -0.3 is 29.9 Å². The van der Waals surface area contributed by atoms with E-state index in [1.807, 2.05) is 0 Å². The van der Waals surface area contributed by atoms with E-state index < -0.39 is 54.0 Å². The lowest BCUT2D eigenvalue weighted by molar-refractivity contribution is -0.287. The van der Waals surface area contributed by atoms with Crippen LogP contribution >= 0.6 is 23.2 Å². The number of aliphatic carboxylic acids is 1. The van der Waals surface area contributed by atoms with Crippen LogP contribution in [0.2, 0.25) is 0 Å². The standard InChI is InChI=1S/C14H18Cl2O8/c1-14(2)4(3-5(15)16)6(14)12(22)24-13-9(19)7(17)8(18)10(23-13)11(20)21/h3-4,6-10,13,17-19H,1-2H3,(H,20,21)/t4?,6?,7-,8-,9+,10-,13-/m0/s1. The zero-order valence-corrected chi connectivity index (χ0v) is 14.3. The quantitative estimate of drug-likeness (QED) is 0.498. The molecule has 1 aliphatic carbocycles. The van der Waals surface area contributed by atoms with Gasteiger partial charge >= 0.3 is 11.9 Å². The van der Waals surface area contributed by atoms with Gasteiger partial charge in [0.05, 0.1) is 5.92 Å². The van der Waals surface area contributed by atoms with Gasteiger partial charge in [-0.3, -0.25) is 4.79 Å². The maximum atomic E-state index is 12.3. The first-order valence-electron chi connectivity index (χ1n) is 7.14. The molecule has 1 heterocycles. The number of carbonyl (C=O) groups is 2. The number of allylic oxidation sites excluding steroid dienone is 1. The highest BCUT2D eigenvalue weighted by atomic mass is 35.5. The Morgan fingerprint density at radius 1 is 1.12 bits per heavy atom. The van der Waals surface area contributed by atoms with E-state index in [0.717, 1.165) is 0 Å². The Labute approximate surface area is 147 Å². The van der Waals surface area contributed by atoms with E-state index in [4.69, 9.17) is 37.8 Å². The maximum Gasteiger partial charge on any atom is 0.335 e. The summed E-state index contributed by atoms with van der Waals surface area (Å²) in [5.74, 6) is -3.22. The predicted molar refractivity (Wildman–Crippen MR) is 81.0 cm³/mol. The van der Waals surface area contributed by atoms with Gasteiger partial charge in [-0.05, 0) is 17.4 Å². The van der Waals surface area contributed by atoms with Gasteiger partial charge in [0.2, 0.25) is 6.29 Å². The topological polar surface area (TPSA) is 134 Å². The zero-order chi connectivity index (χ0) is 18.4. The number of carboxylic acid groups (broad SMARTS) is 1. The first kappa shape index (κ1) is 19.4. The molecule has 2 unspecified atom stereocenters. The fraction of sp³-hybridized carbons (Fsp3) is 0.714. The van der Waals surface area contributed by atoms with E-state index in [0.29, 0.717) is 0 Å². The average Bonchev–Trinajstić information content (AvgIpc) is 2.99. The highest BCUT2D eigenvalue weighted by Crippen LogP contribution is 2.60. The molecule has 136 valence electrons. The summed E-state index contributed by atoms with van der Waals surface area (Å²) in [6.45, 7) is 3.57. The van der Waals surface area contributed by atoms with Crippen molar-refractivity contribution in [2.45, 2.75) is 44.6 Å². The molecule has 4 N–H and O–H groups in total. The molecule has 24 heavy (non-hydrogen) atoms. The number of ether oxygens (including phenoxy) is 2. The molecule has 1 saturated carbocycles. The number of esters is 1. The van der Waals surface area contributed by atoms with Crippen molar-refractivity contribution in [3.8, 4) is 0 Å². The summed E-state index contributed by atoms with van der Waals surface area (Å²) in [7, 11) is 0. The van der Waals surface area contributed by atoms with Crippen LogP contribution in [0.3, 0.4) is 0 Å². The number of rotatable bonds is 4. The Morgan fingerprint density at radius 3 is 2.21 bits per heavy atom. The first-order valence-corrected chi connectivity index (χ1v) is 7.89.